The van der Waals surface area contributed by atoms with Crippen molar-refractivity contribution in [2.24, 2.45) is 0 Å². The molecule has 2 N–H and O–H groups in total. The highest BCUT2D eigenvalue weighted by atomic mass is 79.9. The molecule has 0 aliphatic heterocycles. The van der Waals surface area contributed by atoms with Crippen LogP contribution in [0.3, 0.4) is 0 Å². The maximum Gasteiger partial charge on any atom is 0.323 e. The number of fused-ring (bicyclic) bond motifs is 1. The first kappa shape index (κ1) is 15.9. The van der Waals surface area contributed by atoms with Crippen LogP contribution >= 0.6 is 15.9 Å². The van der Waals surface area contributed by atoms with Crippen LogP contribution in [0.5, 0.6) is 0 Å². The predicted octanol–water partition coefficient (Wildman–Crippen LogP) is 1.13. The molecule has 0 spiro atoms. The maximum absolute atomic E-state index is 12.7. The first-order valence-corrected chi connectivity index (χ1v) is 8.68. The van der Waals surface area contributed by atoms with Crippen molar-refractivity contribution in [2.45, 2.75) is 18.4 Å². The maximum atomic E-state index is 12.7. The summed E-state index contributed by atoms with van der Waals surface area (Å²) in [5, 5.41) is 3.68. The molecule has 0 bridgehead atoms. The topological polar surface area (TPSA) is 125 Å². The van der Waals surface area contributed by atoms with E-state index in [1.807, 2.05) is 0 Å². The number of nitrogens with zero attached hydrogens (tertiary/aromatic N) is 3. The van der Waals surface area contributed by atoms with E-state index in [1.54, 1.807) is 6.92 Å². The van der Waals surface area contributed by atoms with Gasteiger partial charge in [0.2, 0.25) is 15.9 Å². The largest absolute Gasteiger partial charge is 0.340 e. The van der Waals surface area contributed by atoms with Crippen LogP contribution in [0.15, 0.2) is 30.8 Å². The van der Waals surface area contributed by atoms with Crippen LogP contribution < -0.4 is 5.69 Å². The van der Waals surface area contributed by atoms with E-state index in [2.05, 4.69) is 36.0 Å². The zero-order valence-corrected chi connectivity index (χ0v) is 14.5. The number of sulfonamides is 1. The van der Waals surface area contributed by atoms with Gasteiger partial charge >= 0.3 is 5.69 Å². The molecular weight excluding hydrogens is 390 g/mol. The summed E-state index contributed by atoms with van der Waals surface area (Å²) < 4.78 is 31.7. The van der Waals surface area contributed by atoms with Gasteiger partial charge in [-0.15, -0.1) is 0 Å². The van der Waals surface area contributed by atoms with Crippen LogP contribution in [0.4, 0.5) is 0 Å². The van der Waals surface area contributed by atoms with Crippen molar-refractivity contribution in [1.29, 1.82) is 0 Å². The summed E-state index contributed by atoms with van der Waals surface area (Å²) >= 11 is 3.23. The number of H-pyrrole nitrogens is 2. The molecule has 3 aromatic rings. The zero-order valence-electron chi connectivity index (χ0n) is 12.1. The van der Waals surface area contributed by atoms with Crippen molar-refractivity contribution in [2.75, 3.05) is 7.05 Å². The quantitative estimate of drug-likeness (QED) is 0.674. The molecule has 0 amide bonds. The number of rotatable bonds is 4. The lowest BCUT2D eigenvalue weighted by Gasteiger charge is -2.16. The summed E-state index contributed by atoms with van der Waals surface area (Å²) in [5.41, 5.74) is 0.509. The molecule has 23 heavy (non-hydrogen) atoms. The summed E-state index contributed by atoms with van der Waals surface area (Å²) in [5.74, 6) is 0.624. The molecule has 0 aliphatic carbocycles. The summed E-state index contributed by atoms with van der Waals surface area (Å²) in [4.78, 5) is 20.4. The molecule has 11 heteroatoms. The van der Waals surface area contributed by atoms with E-state index >= 15 is 0 Å². The summed E-state index contributed by atoms with van der Waals surface area (Å²) in [6.07, 6.45) is 0. The van der Waals surface area contributed by atoms with Gasteiger partial charge in [0.1, 0.15) is 0 Å². The lowest BCUT2D eigenvalue weighted by molar-refractivity contribution is 0.377. The molecule has 2 aromatic heterocycles. The van der Waals surface area contributed by atoms with E-state index in [0.717, 1.165) is 4.31 Å². The van der Waals surface area contributed by atoms with Gasteiger partial charge in [-0.1, -0.05) is 5.16 Å². The molecule has 9 nitrogen and oxygen atoms in total. The Bertz CT molecular complexity index is 1040. The van der Waals surface area contributed by atoms with Crippen molar-refractivity contribution >= 4 is 37.0 Å². The minimum atomic E-state index is -3.81. The van der Waals surface area contributed by atoms with Gasteiger partial charge in [-0.05, 0) is 28.1 Å². The minimum absolute atomic E-state index is 0.0305. The summed E-state index contributed by atoms with van der Waals surface area (Å²) in [6, 6.07) is 2.93. The fourth-order valence-corrected chi connectivity index (χ4v) is 4.24. The fourth-order valence-electron chi connectivity index (χ4n) is 2.09. The van der Waals surface area contributed by atoms with Crippen LogP contribution in [0.25, 0.3) is 11.0 Å². The standard InChI is InChI=1S/C12H12BrN5O4S/c1-6-14-11(17-22-6)5-18(2)23(20,21)10-4-9-8(3-7(10)13)15-12(19)16-9/h3-4H,5H2,1-2H3,(H2,15,16,19). The van der Waals surface area contributed by atoms with Gasteiger partial charge in [-0.25, -0.2) is 13.2 Å². The smallest absolute Gasteiger partial charge is 0.323 e. The normalized spacial score (nSPS) is 12.3. The number of hydrogen-bond acceptors (Lipinski definition) is 6. The van der Waals surface area contributed by atoms with E-state index < -0.39 is 15.7 Å². The van der Waals surface area contributed by atoms with Crippen LogP contribution in [0.1, 0.15) is 11.7 Å². The van der Waals surface area contributed by atoms with E-state index in [0.29, 0.717) is 21.4 Å². The number of benzene rings is 1. The highest BCUT2D eigenvalue weighted by Gasteiger charge is 2.25. The second-order valence-electron chi connectivity index (χ2n) is 4.90. The van der Waals surface area contributed by atoms with Crippen molar-refractivity contribution < 1.29 is 12.9 Å². The number of aryl methyl sites for hydroxylation is 1. The van der Waals surface area contributed by atoms with E-state index in [1.165, 1.54) is 19.2 Å². The Labute approximate surface area is 138 Å². The van der Waals surface area contributed by atoms with Gasteiger partial charge in [-0.3, -0.25) is 0 Å². The predicted molar refractivity (Wildman–Crippen MR) is 84.3 cm³/mol. The molecule has 0 unspecified atom stereocenters. The summed E-state index contributed by atoms with van der Waals surface area (Å²) in [6.45, 7) is 1.59. The van der Waals surface area contributed by atoms with E-state index in [-0.39, 0.29) is 17.3 Å². The molecule has 0 saturated carbocycles. The van der Waals surface area contributed by atoms with Crippen LogP contribution in [-0.4, -0.2) is 39.9 Å². The Hall–Kier alpha value is -1.98. The number of hydrogen-bond donors (Lipinski definition) is 2. The molecule has 0 saturated heterocycles. The average molecular weight is 402 g/mol. The first-order valence-electron chi connectivity index (χ1n) is 6.44. The number of halogens is 1. The molecular formula is C12H12BrN5O4S. The van der Waals surface area contributed by atoms with Gasteiger partial charge in [-0.2, -0.15) is 9.29 Å². The Morgan fingerprint density at radius 1 is 1.30 bits per heavy atom. The molecule has 0 radical (unpaired) electrons. The Morgan fingerprint density at radius 3 is 2.57 bits per heavy atom. The number of imidazole rings is 1. The van der Waals surface area contributed by atoms with Crippen LogP contribution in [-0.2, 0) is 16.6 Å². The lowest BCUT2D eigenvalue weighted by Crippen LogP contribution is -2.27. The molecule has 0 aliphatic rings. The van der Waals surface area contributed by atoms with Crippen molar-refractivity contribution in [1.82, 2.24) is 24.4 Å². The lowest BCUT2D eigenvalue weighted by atomic mass is 10.3. The number of aromatic amines is 2. The van der Waals surface area contributed by atoms with Crippen LogP contribution in [0.2, 0.25) is 0 Å². The fraction of sp³-hybridized carbons (Fsp3) is 0.250. The average Bonchev–Trinajstić information content (AvgIpc) is 3.02. The number of nitrogens with one attached hydrogen (secondary N) is 2. The molecule has 1 aromatic carbocycles. The Morgan fingerprint density at radius 2 is 1.96 bits per heavy atom. The molecule has 3 rings (SSSR count). The van der Waals surface area contributed by atoms with Gasteiger partial charge < -0.3 is 14.5 Å². The van der Waals surface area contributed by atoms with Crippen molar-refractivity contribution in [3.63, 3.8) is 0 Å². The SMILES string of the molecule is Cc1nc(CN(C)S(=O)(=O)c2cc3[nH]c(=O)[nH]c3cc2Br)no1. The molecule has 0 fully saturated rings. The van der Waals surface area contributed by atoms with E-state index in [9.17, 15) is 13.2 Å². The van der Waals surface area contributed by atoms with Crippen molar-refractivity contribution in [3.05, 3.63) is 38.8 Å². The second-order valence-corrected chi connectivity index (χ2v) is 7.77. The van der Waals surface area contributed by atoms with E-state index in [4.69, 9.17) is 4.52 Å². The monoisotopic (exact) mass is 401 g/mol. The molecule has 122 valence electrons. The summed E-state index contributed by atoms with van der Waals surface area (Å²) in [7, 11) is -2.40. The third kappa shape index (κ3) is 2.94. The third-order valence-corrected chi connectivity index (χ3v) is 5.95. The highest BCUT2D eigenvalue weighted by Crippen LogP contribution is 2.28. The number of aromatic nitrogens is 4. The van der Waals surface area contributed by atoms with Gasteiger partial charge in [0.25, 0.3) is 0 Å². The van der Waals surface area contributed by atoms with Gasteiger partial charge in [0, 0.05) is 18.4 Å². The second kappa shape index (κ2) is 5.58. The van der Waals surface area contributed by atoms with Crippen LogP contribution in [0, 0.1) is 6.92 Å². The van der Waals surface area contributed by atoms with Crippen molar-refractivity contribution in [3.8, 4) is 0 Å². The first-order chi connectivity index (χ1) is 10.8. The third-order valence-electron chi connectivity index (χ3n) is 3.19. The molecule has 2 heterocycles. The minimum Gasteiger partial charge on any atom is -0.340 e. The Kier molecular flexibility index (Phi) is 3.86. The van der Waals surface area contributed by atoms with Gasteiger partial charge in [0.15, 0.2) is 5.82 Å². The highest BCUT2D eigenvalue weighted by molar-refractivity contribution is 9.10. The molecule has 0 atom stereocenters. The van der Waals surface area contributed by atoms with Gasteiger partial charge in [0.05, 0.1) is 22.5 Å². The Balaban J connectivity index is 2.01. The zero-order chi connectivity index (χ0) is 16.8.